The second-order valence-corrected chi connectivity index (χ2v) is 5.14. The second-order valence-electron chi connectivity index (χ2n) is 5.14. The van der Waals surface area contributed by atoms with Gasteiger partial charge in [-0.15, -0.1) is 0 Å². The molecule has 1 rings (SSSR count). The Morgan fingerprint density at radius 3 is 2.47 bits per heavy atom. The lowest BCUT2D eigenvalue weighted by Crippen LogP contribution is -2.04. The van der Waals surface area contributed by atoms with Gasteiger partial charge in [0.25, 0.3) is 0 Å². The van der Waals surface area contributed by atoms with E-state index in [9.17, 15) is 0 Å². The van der Waals surface area contributed by atoms with E-state index in [1.54, 1.807) is 0 Å². The minimum absolute atomic E-state index is 0.557. The van der Waals surface area contributed by atoms with Gasteiger partial charge in [0.05, 0.1) is 12.3 Å². The molecule has 0 fully saturated rings. The monoisotopic (exact) mass is 235 g/mol. The van der Waals surface area contributed by atoms with Crippen LogP contribution in [0.4, 0.5) is 5.69 Å². The van der Waals surface area contributed by atoms with E-state index < -0.39 is 0 Å². The smallest absolute Gasteiger partial charge is 0.142 e. The Hall–Kier alpha value is -1.18. The number of hydrogen-bond acceptors (Lipinski definition) is 2. The van der Waals surface area contributed by atoms with Crippen molar-refractivity contribution in [2.75, 3.05) is 12.3 Å². The van der Waals surface area contributed by atoms with Crippen molar-refractivity contribution in [3.63, 3.8) is 0 Å². The molecule has 2 nitrogen and oxygen atoms in total. The first-order valence-corrected chi connectivity index (χ1v) is 6.56. The summed E-state index contributed by atoms with van der Waals surface area (Å²) < 4.78 is 5.69. The lowest BCUT2D eigenvalue weighted by atomic mass is 9.98. The molecule has 0 heterocycles. The quantitative estimate of drug-likeness (QED) is 0.750. The predicted molar refractivity (Wildman–Crippen MR) is 74.5 cm³/mol. The van der Waals surface area contributed by atoms with E-state index in [-0.39, 0.29) is 0 Å². The van der Waals surface area contributed by atoms with Gasteiger partial charge in [-0.2, -0.15) is 0 Å². The molecule has 2 N–H and O–H groups in total. The summed E-state index contributed by atoms with van der Waals surface area (Å²) in [6.45, 7) is 9.53. The number of anilines is 1. The van der Waals surface area contributed by atoms with Crippen LogP contribution in [0.3, 0.4) is 0 Å². The van der Waals surface area contributed by atoms with Crippen LogP contribution >= 0.6 is 0 Å². The third-order valence-corrected chi connectivity index (χ3v) is 3.17. The van der Waals surface area contributed by atoms with Gasteiger partial charge >= 0.3 is 0 Å². The van der Waals surface area contributed by atoms with Crippen LogP contribution in [-0.2, 0) is 0 Å². The fourth-order valence-corrected chi connectivity index (χ4v) is 1.65. The summed E-state index contributed by atoms with van der Waals surface area (Å²) in [6.07, 6.45) is 2.19. The van der Waals surface area contributed by atoms with Gasteiger partial charge in [0.1, 0.15) is 5.75 Å². The Morgan fingerprint density at radius 1 is 1.24 bits per heavy atom. The molecule has 0 amide bonds. The second kappa shape index (κ2) is 6.53. The average Bonchev–Trinajstić information content (AvgIpc) is 2.29. The lowest BCUT2D eigenvalue weighted by Gasteiger charge is -2.14. The summed E-state index contributed by atoms with van der Waals surface area (Å²) in [6, 6.07) is 6.16. The molecule has 1 unspecified atom stereocenters. The number of benzene rings is 1. The number of nitrogens with two attached hydrogens (primary N) is 1. The highest BCUT2D eigenvalue weighted by Crippen LogP contribution is 2.27. The van der Waals surface area contributed by atoms with Gasteiger partial charge in [0, 0.05) is 0 Å². The normalized spacial score (nSPS) is 12.8. The molecular weight excluding hydrogens is 210 g/mol. The van der Waals surface area contributed by atoms with Gasteiger partial charge in [-0.25, -0.2) is 0 Å². The maximum Gasteiger partial charge on any atom is 0.142 e. The van der Waals surface area contributed by atoms with Gasteiger partial charge in [0.2, 0.25) is 0 Å². The standard InChI is InChI=1S/C15H25NO/c1-5-12(4)13-6-7-15(14(16)10-13)17-9-8-11(2)3/h6-7,10-12H,5,8-9,16H2,1-4H3. The summed E-state index contributed by atoms with van der Waals surface area (Å²) in [7, 11) is 0. The van der Waals surface area contributed by atoms with E-state index in [2.05, 4.69) is 33.8 Å². The number of ether oxygens (including phenoxy) is 1. The first kappa shape index (κ1) is 13.9. The molecule has 0 bridgehead atoms. The molecule has 1 atom stereocenters. The van der Waals surface area contributed by atoms with Crippen LogP contribution in [0.15, 0.2) is 18.2 Å². The topological polar surface area (TPSA) is 35.2 Å². The largest absolute Gasteiger partial charge is 0.491 e. The van der Waals surface area contributed by atoms with Gasteiger partial charge in [-0.1, -0.05) is 33.8 Å². The van der Waals surface area contributed by atoms with E-state index in [1.165, 1.54) is 5.56 Å². The highest BCUT2D eigenvalue weighted by atomic mass is 16.5. The van der Waals surface area contributed by atoms with E-state index in [0.29, 0.717) is 11.8 Å². The van der Waals surface area contributed by atoms with Crippen molar-refractivity contribution in [1.29, 1.82) is 0 Å². The van der Waals surface area contributed by atoms with Crippen LogP contribution in [0.5, 0.6) is 5.75 Å². The molecular formula is C15H25NO. The molecule has 0 aliphatic carbocycles. The SMILES string of the molecule is CCC(C)c1ccc(OCCC(C)C)c(N)c1. The molecule has 0 aromatic heterocycles. The molecule has 0 saturated carbocycles. The Bertz CT molecular complexity index is 347. The summed E-state index contributed by atoms with van der Waals surface area (Å²) >= 11 is 0. The maximum atomic E-state index is 6.01. The summed E-state index contributed by atoms with van der Waals surface area (Å²) in [5.41, 5.74) is 8.05. The molecule has 2 heteroatoms. The van der Waals surface area contributed by atoms with Crippen molar-refractivity contribution < 1.29 is 4.74 Å². The van der Waals surface area contributed by atoms with E-state index in [0.717, 1.165) is 30.9 Å². The van der Waals surface area contributed by atoms with Crippen molar-refractivity contribution in [3.8, 4) is 5.75 Å². The van der Waals surface area contributed by atoms with Gasteiger partial charge in [-0.3, -0.25) is 0 Å². The van der Waals surface area contributed by atoms with Gasteiger partial charge in [0.15, 0.2) is 0 Å². The van der Waals surface area contributed by atoms with Crippen LogP contribution in [0.1, 0.15) is 52.0 Å². The molecule has 1 aromatic rings. The summed E-state index contributed by atoms with van der Waals surface area (Å²) in [4.78, 5) is 0. The van der Waals surface area contributed by atoms with Gasteiger partial charge in [-0.05, 0) is 42.4 Å². The zero-order valence-corrected chi connectivity index (χ0v) is 11.5. The Morgan fingerprint density at radius 2 is 1.94 bits per heavy atom. The van der Waals surface area contributed by atoms with Crippen molar-refractivity contribution in [1.82, 2.24) is 0 Å². The first-order chi connectivity index (χ1) is 8.04. The fraction of sp³-hybridized carbons (Fsp3) is 0.600. The Kier molecular flexibility index (Phi) is 5.33. The van der Waals surface area contributed by atoms with Crippen molar-refractivity contribution in [2.24, 2.45) is 5.92 Å². The third kappa shape index (κ3) is 4.29. The zero-order valence-electron chi connectivity index (χ0n) is 11.5. The van der Waals surface area contributed by atoms with Crippen LogP contribution in [0, 0.1) is 5.92 Å². The lowest BCUT2D eigenvalue weighted by molar-refractivity contribution is 0.291. The van der Waals surface area contributed by atoms with Crippen LogP contribution < -0.4 is 10.5 Å². The van der Waals surface area contributed by atoms with Gasteiger partial charge < -0.3 is 10.5 Å². The van der Waals surface area contributed by atoms with Crippen molar-refractivity contribution in [3.05, 3.63) is 23.8 Å². The summed E-state index contributed by atoms with van der Waals surface area (Å²) in [5, 5.41) is 0. The summed E-state index contributed by atoms with van der Waals surface area (Å²) in [5.74, 6) is 2.04. The average molecular weight is 235 g/mol. The predicted octanol–water partition coefficient (Wildman–Crippen LogP) is 4.21. The Labute approximate surface area is 105 Å². The fourth-order valence-electron chi connectivity index (χ4n) is 1.65. The minimum atomic E-state index is 0.557. The van der Waals surface area contributed by atoms with Crippen molar-refractivity contribution >= 4 is 5.69 Å². The third-order valence-electron chi connectivity index (χ3n) is 3.17. The van der Waals surface area contributed by atoms with Crippen LogP contribution in [-0.4, -0.2) is 6.61 Å². The number of hydrogen-bond donors (Lipinski definition) is 1. The van der Waals surface area contributed by atoms with Crippen molar-refractivity contribution in [2.45, 2.75) is 46.5 Å². The minimum Gasteiger partial charge on any atom is -0.491 e. The number of nitrogen functional groups attached to an aromatic ring is 1. The Balaban J connectivity index is 2.63. The highest BCUT2D eigenvalue weighted by molar-refractivity contribution is 5.54. The molecule has 0 spiro atoms. The van der Waals surface area contributed by atoms with E-state index in [4.69, 9.17) is 10.5 Å². The molecule has 0 radical (unpaired) electrons. The molecule has 96 valence electrons. The number of rotatable bonds is 6. The molecule has 1 aromatic carbocycles. The molecule has 0 aliphatic heterocycles. The molecule has 0 aliphatic rings. The maximum absolute atomic E-state index is 6.01. The molecule has 17 heavy (non-hydrogen) atoms. The van der Waals surface area contributed by atoms with E-state index >= 15 is 0 Å². The van der Waals surface area contributed by atoms with Crippen LogP contribution in [0.2, 0.25) is 0 Å². The van der Waals surface area contributed by atoms with E-state index in [1.807, 2.05) is 12.1 Å². The molecule has 0 saturated heterocycles. The highest BCUT2D eigenvalue weighted by Gasteiger charge is 2.07. The van der Waals surface area contributed by atoms with Crippen LogP contribution in [0.25, 0.3) is 0 Å². The zero-order chi connectivity index (χ0) is 12.8. The first-order valence-electron chi connectivity index (χ1n) is 6.56.